The van der Waals surface area contributed by atoms with Crippen molar-refractivity contribution in [3.8, 4) is 11.5 Å². The summed E-state index contributed by atoms with van der Waals surface area (Å²) in [4.78, 5) is 3.91. The second kappa shape index (κ2) is 7.12. The van der Waals surface area contributed by atoms with Crippen molar-refractivity contribution >= 4 is 9.84 Å². The van der Waals surface area contributed by atoms with Crippen molar-refractivity contribution in [2.75, 3.05) is 7.11 Å². The van der Waals surface area contributed by atoms with Gasteiger partial charge in [-0.15, -0.1) is 0 Å². The SMILES string of the molecule is COc1cc(CS(=O)(=O)[C@@H](C)c2nc(C)no2)ccc1OC(F)F. The number of hydrogen-bond donors (Lipinski definition) is 0. The summed E-state index contributed by atoms with van der Waals surface area (Å²) in [6.07, 6.45) is 0. The highest BCUT2D eigenvalue weighted by molar-refractivity contribution is 7.90. The number of nitrogens with zero attached hydrogens (tertiary/aromatic N) is 2. The molecule has 0 spiro atoms. The van der Waals surface area contributed by atoms with E-state index in [0.717, 1.165) is 0 Å². The molecule has 0 amide bonds. The normalized spacial score (nSPS) is 13.1. The Morgan fingerprint density at radius 1 is 1.29 bits per heavy atom. The molecule has 24 heavy (non-hydrogen) atoms. The van der Waals surface area contributed by atoms with Crippen molar-refractivity contribution in [2.24, 2.45) is 0 Å². The van der Waals surface area contributed by atoms with Gasteiger partial charge in [-0.1, -0.05) is 11.2 Å². The summed E-state index contributed by atoms with van der Waals surface area (Å²) in [5, 5.41) is 2.57. The first-order chi connectivity index (χ1) is 11.2. The molecule has 1 aromatic heterocycles. The van der Waals surface area contributed by atoms with Crippen molar-refractivity contribution in [3.05, 3.63) is 35.5 Å². The van der Waals surface area contributed by atoms with Gasteiger partial charge >= 0.3 is 6.61 Å². The molecule has 0 aliphatic rings. The molecule has 1 aromatic carbocycles. The van der Waals surface area contributed by atoms with Crippen LogP contribution in [0.15, 0.2) is 22.7 Å². The molecular weight excluding hydrogens is 346 g/mol. The predicted octanol–water partition coefficient (Wildman–Crippen LogP) is 2.66. The monoisotopic (exact) mass is 362 g/mol. The molecule has 7 nitrogen and oxygen atoms in total. The molecule has 0 radical (unpaired) electrons. The van der Waals surface area contributed by atoms with Crippen LogP contribution in [-0.2, 0) is 15.6 Å². The van der Waals surface area contributed by atoms with Gasteiger partial charge in [0.05, 0.1) is 12.9 Å². The highest BCUT2D eigenvalue weighted by atomic mass is 32.2. The molecule has 0 aliphatic heterocycles. The summed E-state index contributed by atoms with van der Waals surface area (Å²) in [5.74, 6) is -0.168. The molecule has 0 saturated carbocycles. The first-order valence-electron chi connectivity index (χ1n) is 6.86. The first kappa shape index (κ1) is 18.1. The molecule has 1 heterocycles. The van der Waals surface area contributed by atoms with Crippen molar-refractivity contribution in [1.29, 1.82) is 0 Å². The van der Waals surface area contributed by atoms with Crippen LogP contribution in [0.25, 0.3) is 0 Å². The lowest BCUT2D eigenvalue weighted by molar-refractivity contribution is -0.0512. The molecule has 0 aliphatic carbocycles. The lowest BCUT2D eigenvalue weighted by Gasteiger charge is -2.13. The fraction of sp³-hybridized carbons (Fsp3) is 0.429. The Labute approximate surface area is 137 Å². The molecule has 0 unspecified atom stereocenters. The molecule has 0 saturated heterocycles. The number of hydrogen-bond acceptors (Lipinski definition) is 7. The Kier molecular flexibility index (Phi) is 5.37. The third kappa shape index (κ3) is 4.19. The van der Waals surface area contributed by atoms with E-state index in [4.69, 9.17) is 9.26 Å². The van der Waals surface area contributed by atoms with Crippen LogP contribution >= 0.6 is 0 Å². The maximum atomic E-state index is 12.5. The van der Waals surface area contributed by atoms with Gasteiger partial charge in [0.2, 0.25) is 5.89 Å². The summed E-state index contributed by atoms with van der Waals surface area (Å²) >= 11 is 0. The van der Waals surface area contributed by atoms with Gasteiger partial charge in [-0.05, 0) is 31.5 Å². The molecule has 0 fully saturated rings. The van der Waals surface area contributed by atoms with Crippen LogP contribution in [0.5, 0.6) is 11.5 Å². The molecule has 2 rings (SSSR count). The van der Waals surface area contributed by atoms with Gasteiger partial charge in [0.15, 0.2) is 27.2 Å². The minimum Gasteiger partial charge on any atom is -0.493 e. The van der Waals surface area contributed by atoms with Crippen molar-refractivity contribution in [1.82, 2.24) is 10.1 Å². The second-order valence-corrected chi connectivity index (χ2v) is 7.31. The number of rotatable bonds is 7. The van der Waals surface area contributed by atoms with Crippen LogP contribution in [-0.4, -0.2) is 32.3 Å². The average Bonchev–Trinajstić information content (AvgIpc) is 2.93. The zero-order valence-electron chi connectivity index (χ0n) is 13.2. The van der Waals surface area contributed by atoms with Crippen molar-refractivity contribution in [2.45, 2.75) is 31.5 Å². The summed E-state index contributed by atoms with van der Waals surface area (Å²) < 4.78 is 63.7. The van der Waals surface area contributed by atoms with Crippen molar-refractivity contribution in [3.63, 3.8) is 0 Å². The van der Waals surface area contributed by atoms with Gasteiger partial charge in [0.25, 0.3) is 0 Å². The molecule has 1 atom stereocenters. The predicted molar refractivity (Wildman–Crippen MR) is 79.7 cm³/mol. The maximum absolute atomic E-state index is 12.5. The Balaban J connectivity index is 2.23. The summed E-state index contributed by atoms with van der Waals surface area (Å²) in [6.45, 7) is 0.0153. The van der Waals surface area contributed by atoms with Crippen LogP contribution in [0, 0.1) is 6.92 Å². The lowest BCUT2D eigenvalue weighted by Crippen LogP contribution is -2.13. The average molecular weight is 362 g/mol. The van der Waals surface area contributed by atoms with Crippen LogP contribution in [0.4, 0.5) is 8.78 Å². The highest BCUT2D eigenvalue weighted by Gasteiger charge is 2.28. The Bertz CT molecular complexity index is 807. The van der Waals surface area contributed by atoms with Gasteiger partial charge in [0, 0.05) is 0 Å². The van der Waals surface area contributed by atoms with E-state index in [9.17, 15) is 17.2 Å². The van der Waals surface area contributed by atoms with E-state index in [1.165, 1.54) is 32.2 Å². The largest absolute Gasteiger partial charge is 0.493 e. The van der Waals surface area contributed by atoms with Crippen LogP contribution in [0.3, 0.4) is 0 Å². The Morgan fingerprint density at radius 2 is 2.00 bits per heavy atom. The number of halogens is 2. The summed E-state index contributed by atoms with van der Waals surface area (Å²) in [6, 6.07) is 3.95. The van der Waals surface area contributed by atoms with Crippen LogP contribution in [0.1, 0.15) is 29.5 Å². The molecule has 10 heteroatoms. The van der Waals surface area contributed by atoms with E-state index < -0.39 is 21.7 Å². The molecule has 0 bridgehead atoms. The highest BCUT2D eigenvalue weighted by Crippen LogP contribution is 2.31. The fourth-order valence-corrected chi connectivity index (χ4v) is 3.28. The summed E-state index contributed by atoms with van der Waals surface area (Å²) in [7, 11) is -2.38. The second-order valence-electron chi connectivity index (χ2n) is 4.99. The van der Waals surface area contributed by atoms with E-state index >= 15 is 0 Å². The minimum absolute atomic E-state index is 0.00267. The third-order valence-corrected chi connectivity index (χ3v) is 5.26. The molecule has 2 aromatic rings. The number of ether oxygens (including phenoxy) is 2. The van der Waals surface area contributed by atoms with E-state index in [2.05, 4.69) is 14.9 Å². The Hall–Kier alpha value is -2.23. The van der Waals surface area contributed by atoms with Crippen LogP contribution < -0.4 is 9.47 Å². The van der Waals surface area contributed by atoms with E-state index in [1.807, 2.05) is 0 Å². The Morgan fingerprint density at radius 3 is 2.54 bits per heavy atom. The summed E-state index contributed by atoms with van der Waals surface area (Å²) in [5.41, 5.74) is 0.358. The van der Waals surface area contributed by atoms with Gasteiger partial charge in [-0.3, -0.25) is 0 Å². The van der Waals surface area contributed by atoms with Gasteiger partial charge in [-0.2, -0.15) is 13.8 Å². The van der Waals surface area contributed by atoms with Gasteiger partial charge in [0.1, 0.15) is 5.25 Å². The minimum atomic E-state index is -3.65. The zero-order valence-corrected chi connectivity index (χ0v) is 14.0. The number of aryl methyl sites for hydroxylation is 1. The van der Waals surface area contributed by atoms with Crippen LogP contribution in [0.2, 0.25) is 0 Å². The molecule has 132 valence electrons. The molecule has 0 N–H and O–H groups in total. The van der Waals surface area contributed by atoms with E-state index in [-0.39, 0.29) is 23.1 Å². The van der Waals surface area contributed by atoms with E-state index in [1.54, 1.807) is 6.92 Å². The number of benzene rings is 1. The lowest BCUT2D eigenvalue weighted by atomic mass is 10.2. The number of aromatic nitrogens is 2. The maximum Gasteiger partial charge on any atom is 0.387 e. The van der Waals surface area contributed by atoms with Crippen molar-refractivity contribution < 1.29 is 31.2 Å². The number of sulfone groups is 1. The van der Waals surface area contributed by atoms with Gasteiger partial charge in [-0.25, -0.2) is 8.42 Å². The standard InChI is InChI=1S/C14H16F2N2O5S/c1-8(13-17-9(2)18-23-13)24(19,20)7-10-4-5-11(22-14(15)16)12(6-10)21-3/h4-6,8,14H,7H2,1-3H3/t8-/m0/s1. The number of methoxy groups -OCH3 is 1. The first-order valence-corrected chi connectivity index (χ1v) is 8.58. The number of alkyl halides is 2. The third-order valence-electron chi connectivity index (χ3n) is 3.24. The quantitative estimate of drug-likeness (QED) is 0.748. The van der Waals surface area contributed by atoms with Gasteiger partial charge < -0.3 is 14.0 Å². The smallest absolute Gasteiger partial charge is 0.387 e. The molecular formula is C14H16F2N2O5S. The fourth-order valence-electron chi connectivity index (χ4n) is 1.98. The zero-order chi connectivity index (χ0) is 17.9. The topological polar surface area (TPSA) is 91.5 Å². The van der Waals surface area contributed by atoms with E-state index in [0.29, 0.717) is 11.4 Å².